The number of amides is 1. The van der Waals surface area contributed by atoms with E-state index in [0.717, 1.165) is 63.2 Å². The molecule has 212 valence electrons. The first-order valence-electron chi connectivity index (χ1n) is 13.1. The highest BCUT2D eigenvalue weighted by molar-refractivity contribution is 7.90. The minimum Gasteiger partial charge on any atom is -0.355 e. The Balaban J connectivity index is 1.46. The monoisotopic (exact) mass is 566 g/mol. The number of halogens is 3. The molecule has 2 aliphatic heterocycles. The van der Waals surface area contributed by atoms with Gasteiger partial charge in [0.05, 0.1) is 16.1 Å². The van der Waals surface area contributed by atoms with E-state index in [0.29, 0.717) is 37.7 Å². The third-order valence-electron chi connectivity index (χ3n) is 7.32. The fraction of sp³-hybridized carbons (Fsp3) is 0.519. The van der Waals surface area contributed by atoms with Crippen molar-refractivity contribution in [3.63, 3.8) is 0 Å². The Morgan fingerprint density at radius 2 is 1.82 bits per heavy atom. The van der Waals surface area contributed by atoms with Gasteiger partial charge in [-0.25, -0.2) is 13.4 Å². The van der Waals surface area contributed by atoms with Crippen molar-refractivity contribution >= 4 is 33.0 Å². The topological polar surface area (TPSA) is 108 Å². The largest absolute Gasteiger partial charge is 0.416 e. The molecule has 1 aromatic carbocycles. The first-order chi connectivity index (χ1) is 18.4. The average Bonchev–Trinajstić information content (AvgIpc) is 2.89. The molecule has 1 amide bonds. The minimum absolute atomic E-state index is 0.0969. The number of carbonyl (C=O) groups excluding carboxylic acids is 2. The average molecular weight is 567 g/mol. The molecular weight excluding hydrogens is 533 g/mol. The molecule has 3 heterocycles. The highest BCUT2D eigenvalue weighted by Gasteiger charge is 2.31. The van der Waals surface area contributed by atoms with E-state index in [1.54, 1.807) is 0 Å². The number of hydrogen-bond donors (Lipinski definition) is 2. The molecule has 0 saturated carbocycles. The number of piperidine rings is 2. The third-order valence-corrected chi connectivity index (χ3v) is 8.40. The molecule has 0 bridgehead atoms. The molecule has 8 nitrogen and oxygen atoms in total. The second-order valence-electron chi connectivity index (χ2n) is 10.4. The summed E-state index contributed by atoms with van der Waals surface area (Å²) in [5, 5.41) is 5.91. The van der Waals surface area contributed by atoms with Gasteiger partial charge in [-0.1, -0.05) is 6.07 Å². The van der Waals surface area contributed by atoms with Crippen molar-refractivity contribution in [2.24, 2.45) is 11.8 Å². The van der Waals surface area contributed by atoms with Crippen LogP contribution in [-0.2, 0) is 20.8 Å². The van der Waals surface area contributed by atoms with Gasteiger partial charge in [-0.2, -0.15) is 13.2 Å². The SMILES string of the molecule is CS(=O)(=O)c1cnc(N2CCC(CC(=O)C[C@@H]3CCCNC3)CC2)c(NC(=O)c2cccc(C(F)(F)F)c2)c1. The lowest BCUT2D eigenvalue weighted by Gasteiger charge is -2.34. The Kier molecular flexibility index (Phi) is 8.95. The number of aromatic nitrogens is 1. The standard InChI is InChI=1S/C27H33F3N4O4S/c1-39(37,38)23-15-24(33-26(36)20-5-2-6-21(14-20)27(28,29)30)25(32-17-23)34-10-7-18(8-11-34)12-22(35)13-19-4-3-9-31-16-19/h2,5-6,14-15,17-19,31H,3-4,7-13,16H2,1H3,(H,33,36)/t19-/m0/s1. The lowest BCUT2D eigenvalue weighted by atomic mass is 9.87. The molecule has 0 unspecified atom stereocenters. The van der Waals surface area contributed by atoms with Crippen LogP contribution in [0.4, 0.5) is 24.7 Å². The molecule has 1 aromatic heterocycles. The van der Waals surface area contributed by atoms with Crippen LogP contribution < -0.4 is 15.5 Å². The van der Waals surface area contributed by atoms with Crippen LogP contribution in [-0.4, -0.2) is 57.5 Å². The zero-order chi connectivity index (χ0) is 28.2. The summed E-state index contributed by atoms with van der Waals surface area (Å²) in [6.07, 6.45) is 2.33. The van der Waals surface area contributed by atoms with Crippen molar-refractivity contribution < 1.29 is 31.2 Å². The number of Topliss-reactive ketones (excluding diaryl/α,β-unsaturated/α-hetero) is 1. The second kappa shape index (κ2) is 12.0. The van der Waals surface area contributed by atoms with E-state index in [4.69, 9.17) is 0 Å². The molecule has 0 radical (unpaired) electrons. The van der Waals surface area contributed by atoms with Crippen LogP contribution in [0.25, 0.3) is 0 Å². The lowest BCUT2D eigenvalue weighted by molar-refractivity contribution is -0.137. The fourth-order valence-electron chi connectivity index (χ4n) is 5.19. The normalized spacial score (nSPS) is 19.1. The predicted molar refractivity (Wildman–Crippen MR) is 142 cm³/mol. The molecule has 2 N–H and O–H groups in total. The summed E-state index contributed by atoms with van der Waals surface area (Å²) in [4.78, 5) is 31.6. The van der Waals surface area contributed by atoms with E-state index < -0.39 is 27.5 Å². The van der Waals surface area contributed by atoms with E-state index in [9.17, 15) is 31.2 Å². The first kappa shape index (κ1) is 29.0. The molecule has 4 rings (SSSR count). The van der Waals surface area contributed by atoms with Gasteiger partial charge >= 0.3 is 6.18 Å². The maximum atomic E-state index is 13.1. The van der Waals surface area contributed by atoms with Gasteiger partial charge in [-0.15, -0.1) is 0 Å². The second-order valence-corrected chi connectivity index (χ2v) is 12.5. The number of anilines is 2. The molecule has 2 aromatic rings. The number of alkyl halides is 3. The number of pyridine rings is 1. The summed E-state index contributed by atoms with van der Waals surface area (Å²) in [5.41, 5.74) is -1.08. The van der Waals surface area contributed by atoms with Gasteiger partial charge < -0.3 is 15.5 Å². The summed E-state index contributed by atoms with van der Waals surface area (Å²) in [5.74, 6) is 0.413. The van der Waals surface area contributed by atoms with E-state index >= 15 is 0 Å². The first-order valence-corrected chi connectivity index (χ1v) is 15.0. The summed E-state index contributed by atoms with van der Waals surface area (Å²) >= 11 is 0. The van der Waals surface area contributed by atoms with Crippen LogP contribution in [0.15, 0.2) is 41.4 Å². The van der Waals surface area contributed by atoms with Gasteiger partial charge in [0.25, 0.3) is 5.91 Å². The van der Waals surface area contributed by atoms with Crippen LogP contribution in [0.1, 0.15) is 54.4 Å². The van der Waals surface area contributed by atoms with Crippen LogP contribution in [0.2, 0.25) is 0 Å². The minimum atomic E-state index is -4.61. The van der Waals surface area contributed by atoms with Gasteiger partial charge in [0, 0.05) is 43.9 Å². The van der Waals surface area contributed by atoms with Crippen LogP contribution >= 0.6 is 0 Å². The zero-order valence-corrected chi connectivity index (χ0v) is 22.6. The predicted octanol–water partition coefficient (Wildman–Crippen LogP) is 4.32. The lowest BCUT2D eigenvalue weighted by Crippen LogP contribution is -2.36. The van der Waals surface area contributed by atoms with Crippen molar-refractivity contribution in [3.05, 3.63) is 47.7 Å². The van der Waals surface area contributed by atoms with Crippen molar-refractivity contribution in [3.8, 4) is 0 Å². The number of hydrogen-bond acceptors (Lipinski definition) is 7. The van der Waals surface area contributed by atoms with E-state index in [1.165, 1.54) is 18.3 Å². The smallest absolute Gasteiger partial charge is 0.355 e. The van der Waals surface area contributed by atoms with Crippen LogP contribution in [0, 0.1) is 11.8 Å². The quantitative estimate of drug-likeness (QED) is 0.490. The van der Waals surface area contributed by atoms with Crippen molar-refractivity contribution in [2.75, 3.05) is 42.7 Å². The van der Waals surface area contributed by atoms with Gasteiger partial charge in [0.15, 0.2) is 15.7 Å². The molecule has 0 spiro atoms. The summed E-state index contributed by atoms with van der Waals surface area (Å²) in [6.45, 7) is 2.97. The number of carbonyl (C=O) groups is 2. The maximum absolute atomic E-state index is 13.1. The molecule has 2 saturated heterocycles. The molecule has 0 aliphatic carbocycles. The number of rotatable bonds is 8. The molecule has 2 fully saturated rings. The number of benzene rings is 1. The molecule has 12 heteroatoms. The molecule has 39 heavy (non-hydrogen) atoms. The van der Waals surface area contributed by atoms with Gasteiger partial charge in [0.2, 0.25) is 0 Å². The van der Waals surface area contributed by atoms with Gasteiger partial charge in [-0.05, 0) is 74.9 Å². The van der Waals surface area contributed by atoms with Gasteiger partial charge in [0.1, 0.15) is 5.78 Å². The number of nitrogens with one attached hydrogen (secondary N) is 2. The maximum Gasteiger partial charge on any atom is 0.416 e. The van der Waals surface area contributed by atoms with E-state index in [-0.39, 0.29) is 27.8 Å². The number of sulfone groups is 1. The molecular formula is C27H33F3N4O4S. The summed E-state index contributed by atoms with van der Waals surface area (Å²) in [6, 6.07) is 5.28. The highest BCUT2D eigenvalue weighted by Crippen LogP contribution is 2.33. The van der Waals surface area contributed by atoms with E-state index in [2.05, 4.69) is 15.6 Å². The Morgan fingerprint density at radius 1 is 1.10 bits per heavy atom. The number of nitrogens with zero attached hydrogens (tertiary/aromatic N) is 2. The van der Waals surface area contributed by atoms with E-state index in [1.807, 2.05) is 4.90 Å². The molecule has 2 aliphatic rings. The van der Waals surface area contributed by atoms with Crippen molar-refractivity contribution in [1.29, 1.82) is 0 Å². The summed E-state index contributed by atoms with van der Waals surface area (Å²) in [7, 11) is -3.66. The fourth-order valence-corrected chi connectivity index (χ4v) is 5.77. The number of ketones is 1. The zero-order valence-electron chi connectivity index (χ0n) is 21.8. The molecule has 1 atom stereocenters. The Hall–Kier alpha value is -2.99. The Bertz CT molecular complexity index is 1300. The summed E-state index contributed by atoms with van der Waals surface area (Å²) < 4.78 is 63.7. The van der Waals surface area contributed by atoms with Crippen molar-refractivity contribution in [2.45, 2.75) is 49.6 Å². The van der Waals surface area contributed by atoms with Crippen molar-refractivity contribution in [1.82, 2.24) is 10.3 Å². The Morgan fingerprint density at radius 3 is 2.46 bits per heavy atom. The van der Waals surface area contributed by atoms with Crippen LogP contribution in [0.5, 0.6) is 0 Å². The van der Waals surface area contributed by atoms with Gasteiger partial charge in [-0.3, -0.25) is 9.59 Å². The third kappa shape index (κ3) is 7.78. The highest BCUT2D eigenvalue weighted by atomic mass is 32.2. The van der Waals surface area contributed by atoms with Crippen LogP contribution in [0.3, 0.4) is 0 Å². The Labute approximate surface area is 226 Å².